The number of guanidine groups is 1. The van der Waals surface area contributed by atoms with E-state index in [1.807, 2.05) is 30.3 Å². The molecule has 2 aromatic carbocycles. The van der Waals surface area contributed by atoms with Crippen LogP contribution in [0.2, 0.25) is 0 Å². The molecule has 2 N–H and O–H groups in total. The van der Waals surface area contributed by atoms with E-state index in [1.165, 1.54) is 5.56 Å². The van der Waals surface area contributed by atoms with Crippen molar-refractivity contribution < 1.29 is 4.79 Å². The van der Waals surface area contributed by atoms with Crippen LogP contribution in [0.3, 0.4) is 0 Å². The highest BCUT2D eigenvalue weighted by Gasteiger charge is 2.25. The lowest BCUT2D eigenvalue weighted by Crippen LogP contribution is -2.43. The molecule has 0 saturated carbocycles. The second kappa shape index (κ2) is 10.9. The van der Waals surface area contributed by atoms with Gasteiger partial charge in [-0.1, -0.05) is 48.5 Å². The summed E-state index contributed by atoms with van der Waals surface area (Å²) in [5.41, 5.74) is 2.18. The molecule has 1 saturated heterocycles. The Kier molecular flexibility index (Phi) is 8.57. The molecule has 1 aliphatic rings. The lowest BCUT2D eigenvalue weighted by Gasteiger charge is -2.21. The summed E-state index contributed by atoms with van der Waals surface area (Å²) in [5, 5.41) is 6.06. The van der Waals surface area contributed by atoms with E-state index in [0.29, 0.717) is 5.92 Å². The standard InChI is InChI=1S/C21H26N4O.HI/c1-22-21(23-15-20(26)24-19-10-6-3-7-11-19)25-13-12-18(16-25)14-17-8-4-2-5-9-17;/h2-11,18H,12-16H2,1H3,(H,22,23)(H,24,26);1H. The molecular weight excluding hydrogens is 451 g/mol. The third-order valence-corrected chi connectivity index (χ3v) is 4.63. The van der Waals surface area contributed by atoms with Crippen molar-refractivity contribution in [1.82, 2.24) is 10.2 Å². The number of carbonyl (C=O) groups excluding carboxylic acids is 1. The van der Waals surface area contributed by atoms with Crippen LogP contribution < -0.4 is 10.6 Å². The van der Waals surface area contributed by atoms with E-state index in [-0.39, 0.29) is 36.4 Å². The number of para-hydroxylation sites is 1. The van der Waals surface area contributed by atoms with Crippen molar-refractivity contribution in [3.8, 4) is 0 Å². The summed E-state index contributed by atoms with van der Waals surface area (Å²) in [4.78, 5) is 18.7. The van der Waals surface area contributed by atoms with Crippen LogP contribution in [-0.4, -0.2) is 43.4 Å². The Hall–Kier alpha value is -2.09. The van der Waals surface area contributed by atoms with Crippen LogP contribution in [-0.2, 0) is 11.2 Å². The van der Waals surface area contributed by atoms with E-state index in [2.05, 4.69) is 50.9 Å². The lowest BCUT2D eigenvalue weighted by atomic mass is 9.99. The highest BCUT2D eigenvalue weighted by atomic mass is 127. The van der Waals surface area contributed by atoms with E-state index in [4.69, 9.17) is 0 Å². The summed E-state index contributed by atoms with van der Waals surface area (Å²) in [7, 11) is 1.77. The first-order valence-electron chi connectivity index (χ1n) is 9.09. The number of amides is 1. The minimum Gasteiger partial charge on any atom is -0.347 e. The van der Waals surface area contributed by atoms with Gasteiger partial charge in [-0.05, 0) is 36.5 Å². The summed E-state index contributed by atoms with van der Waals surface area (Å²) >= 11 is 0. The fraction of sp³-hybridized carbons (Fsp3) is 0.333. The molecule has 1 amide bonds. The number of anilines is 1. The Morgan fingerprint density at radius 1 is 1.11 bits per heavy atom. The zero-order valence-electron chi connectivity index (χ0n) is 15.6. The molecule has 27 heavy (non-hydrogen) atoms. The van der Waals surface area contributed by atoms with Gasteiger partial charge in [-0.15, -0.1) is 24.0 Å². The average molecular weight is 478 g/mol. The van der Waals surface area contributed by atoms with Crippen LogP contribution in [0.5, 0.6) is 0 Å². The number of halogens is 1. The highest BCUT2D eigenvalue weighted by molar-refractivity contribution is 14.0. The Bertz CT molecular complexity index is 736. The van der Waals surface area contributed by atoms with Gasteiger partial charge in [0.1, 0.15) is 0 Å². The van der Waals surface area contributed by atoms with Gasteiger partial charge in [0, 0.05) is 25.8 Å². The van der Waals surface area contributed by atoms with E-state index in [0.717, 1.165) is 37.6 Å². The smallest absolute Gasteiger partial charge is 0.243 e. The summed E-state index contributed by atoms with van der Waals surface area (Å²) in [6.45, 7) is 2.15. The van der Waals surface area contributed by atoms with Crippen molar-refractivity contribution >= 4 is 41.5 Å². The monoisotopic (exact) mass is 478 g/mol. The molecule has 3 rings (SSSR count). The van der Waals surface area contributed by atoms with Crippen molar-refractivity contribution in [1.29, 1.82) is 0 Å². The number of carbonyl (C=O) groups is 1. The molecule has 1 unspecified atom stereocenters. The van der Waals surface area contributed by atoms with Crippen molar-refractivity contribution in [3.63, 3.8) is 0 Å². The van der Waals surface area contributed by atoms with Crippen molar-refractivity contribution in [2.75, 3.05) is 32.0 Å². The number of rotatable bonds is 5. The van der Waals surface area contributed by atoms with Gasteiger partial charge in [-0.25, -0.2) is 0 Å². The number of aliphatic imine (C=N–C) groups is 1. The zero-order valence-corrected chi connectivity index (χ0v) is 17.9. The third kappa shape index (κ3) is 6.53. The molecule has 5 nitrogen and oxygen atoms in total. The number of benzene rings is 2. The topological polar surface area (TPSA) is 56.7 Å². The molecule has 0 aromatic heterocycles. The third-order valence-electron chi connectivity index (χ3n) is 4.63. The van der Waals surface area contributed by atoms with Gasteiger partial charge in [0.05, 0.1) is 6.54 Å². The molecule has 144 valence electrons. The summed E-state index contributed by atoms with van der Waals surface area (Å²) in [5.74, 6) is 1.34. The number of nitrogens with one attached hydrogen (secondary N) is 2. The van der Waals surface area contributed by atoms with Crippen molar-refractivity contribution in [3.05, 3.63) is 66.2 Å². The van der Waals surface area contributed by atoms with Crippen LogP contribution in [0.4, 0.5) is 5.69 Å². The van der Waals surface area contributed by atoms with Crippen molar-refractivity contribution in [2.24, 2.45) is 10.9 Å². The Balaban J connectivity index is 0.00000261. The molecule has 1 atom stereocenters. The van der Waals surface area contributed by atoms with Gasteiger partial charge in [0.25, 0.3) is 0 Å². The Labute approximate surface area is 178 Å². The number of likely N-dealkylation sites (tertiary alicyclic amines) is 1. The molecule has 2 aromatic rings. The summed E-state index contributed by atoms with van der Waals surface area (Å²) in [6.07, 6.45) is 2.23. The first kappa shape index (κ1) is 21.2. The Morgan fingerprint density at radius 2 is 1.78 bits per heavy atom. The average Bonchev–Trinajstić information content (AvgIpc) is 3.12. The molecular formula is C21H27IN4O. The molecule has 1 fully saturated rings. The predicted molar refractivity (Wildman–Crippen MR) is 122 cm³/mol. The fourth-order valence-corrected chi connectivity index (χ4v) is 3.36. The van der Waals surface area contributed by atoms with Crippen LogP contribution >= 0.6 is 24.0 Å². The summed E-state index contributed by atoms with van der Waals surface area (Å²) in [6, 6.07) is 20.1. The predicted octanol–water partition coefficient (Wildman–Crippen LogP) is 3.38. The van der Waals surface area contributed by atoms with Crippen LogP contribution in [0, 0.1) is 5.92 Å². The highest BCUT2D eigenvalue weighted by Crippen LogP contribution is 2.20. The van der Waals surface area contributed by atoms with Gasteiger partial charge in [-0.3, -0.25) is 9.79 Å². The second-order valence-electron chi connectivity index (χ2n) is 6.61. The van der Waals surface area contributed by atoms with Gasteiger partial charge >= 0.3 is 0 Å². The molecule has 1 heterocycles. The summed E-state index contributed by atoms with van der Waals surface area (Å²) < 4.78 is 0. The van der Waals surface area contributed by atoms with E-state index in [9.17, 15) is 4.79 Å². The maximum Gasteiger partial charge on any atom is 0.243 e. The fourth-order valence-electron chi connectivity index (χ4n) is 3.36. The van der Waals surface area contributed by atoms with Gasteiger partial charge in [-0.2, -0.15) is 0 Å². The largest absolute Gasteiger partial charge is 0.347 e. The number of hydrogen-bond donors (Lipinski definition) is 2. The van der Waals surface area contributed by atoms with Crippen LogP contribution in [0.1, 0.15) is 12.0 Å². The van der Waals surface area contributed by atoms with Crippen molar-refractivity contribution in [2.45, 2.75) is 12.8 Å². The maximum absolute atomic E-state index is 12.1. The first-order chi connectivity index (χ1) is 12.7. The SMILES string of the molecule is CN=C(NCC(=O)Nc1ccccc1)N1CCC(Cc2ccccc2)C1.I. The molecule has 0 aliphatic carbocycles. The molecule has 0 spiro atoms. The second-order valence-corrected chi connectivity index (χ2v) is 6.61. The van der Waals surface area contributed by atoms with Gasteiger partial charge in [0.15, 0.2) is 5.96 Å². The van der Waals surface area contributed by atoms with E-state index >= 15 is 0 Å². The number of nitrogens with zero attached hydrogens (tertiary/aromatic N) is 2. The molecule has 0 radical (unpaired) electrons. The van der Waals surface area contributed by atoms with Gasteiger partial charge in [0.2, 0.25) is 5.91 Å². The minimum absolute atomic E-state index is 0. The van der Waals surface area contributed by atoms with Crippen LogP contribution in [0.15, 0.2) is 65.7 Å². The Morgan fingerprint density at radius 3 is 2.44 bits per heavy atom. The number of hydrogen-bond acceptors (Lipinski definition) is 2. The quantitative estimate of drug-likeness (QED) is 0.394. The van der Waals surface area contributed by atoms with E-state index < -0.39 is 0 Å². The molecule has 1 aliphatic heterocycles. The molecule has 0 bridgehead atoms. The molecule has 6 heteroatoms. The van der Waals surface area contributed by atoms with E-state index in [1.54, 1.807) is 7.05 Å². The maximum atomic E-state index is 12.1. The van der Waals surface area contributed by atoms with Gasteiger partial charge < -0.3 is 15.5 Å². The lowest BCUT2D eigenvalue weighted by molar-refractivity contribution is -0.115. The van der Waals surface area contributed by atoms with Crippen LogP contribution in [0.25, 0.3) is 0 Å². The first-order valence-corrected chi connectivity index (χ1v) is 9.09. The zero-order chi connectivity index (χ0) is 18.2. The normalized spacial score (nSPS) is 16.6. The minimum atomic E-state index is -0.0719.